The zero-order valence-corrected chi connectivity index (χ0v) is 36.4. The Kier molecular flexibility index (Phi) is 7.85. The lowest BCUT2D eigenvalue weighted by Crippen LogP contribution is -2.26. The Labute approximate surface area is 383 Å². The molecule has 14 rings (SSSR count). The monoisotopic (exact) mass is 838 g/mol. The highest BCUT2D eigenvalue weighted by molar-refractivity contribution is 6.14. The fourth-order valence-corrected chi connectivity index (χ4v) is 11.9. The lowest BCUT2D eigenvalue weighted by molar-refractivity contribution is 0.794. The van der Waals surface area contributed by atoms with E-state index in [1.165, 1.54) is 110 Å². The summed E-state index contributed by atoms with van der Waals surface area (Å²) in [5.74, 6) is 0. The molecule has 1 heterocycles. The third-order valence-corrected chi connectivity index (χ3v) is 14.8. The van der Waals surface area contributed by atoms with Crippen molar-refractivity contribution in [2.45, 2.75) is 5.41 Å². The van der Waals surface area contributed by atoms with E-state index < -0.39 is 5.41 Å². The molecule has 0 radical (unpaired) electrons. The van der Waals surface area contributed by atoms with Crippen LogP contribution >= 0.6 is 0 Å². The Morgan fingerprint density at radius 2 is 0.909 bits per heavy atom. The number of hydrogen-bond acceptors (Lipinski definition) is 1. The number of fused-ring (bicyclic) bond motifs is 16. The minimum Gasteiger partial charge on any atom is -0.344 e. The predicted molar refractivity (Wildman–Crippen MR) is 277 cm³/mol. The maximum atomic E-state index is 2.55. The van der Waals surface area contributed by atoms with E-state index in [-0.39, 0.29) is 0 Å². The molecule has 1 aromatic heterocycles. The Balaban J connectivity index is 1.02. The molecule has 0 saturated heterocycles. The second-order valence-electron chi connectivity index (χ2n) is 18.1. The summed E-state index contributed by atoms with van der Waals surface area (Å²) in [7, 11) is 2.17. The van der Waals surface area contributed by atoms with Gasteiger partial charge in [0.15, 0.2) is 0 Å². The van der Waals surface area contributed by atoms with Crippen molar-refractivity contribution in [3.05, 3.63) is 259 Å². The normalized spacial score (nSPS) is 13.0. The zero-order chi connectivity index (χ0) is 43.5. The number of hydrogen-bond donors (Lipinski definition) is 0. The average Bonchev–Trinajstić information content (AvgIpc) is 3.97. The lowest BCUT2D eigenvalue weighted by Gasteiger charge is -2.33. The molecule has 0 aliphatic heterocycles. The summed E-state index contributed by atoms with van der Waals surface area (Å²) < 4.78 is 2.32. The van der Waals surface area contributed by atoms with Crippen LogP contribution in [0.5, 0.6) is 0 Å². The number of anilines is 3. The number of rotatable bonds is 5. The van der Waals surface area contributed by atoms with Gasteiger partial charge in [0.05, 0.1) is 11.1 Å². The highest BCUT2D eigenvalue weighted by Crippen LogP contribution is 2.65. The van der Waals surface area contributed by atoms with E-state index in [2.05, 4.69) is 253 Å². The van der Waals surface area contributed by atoms with Crippen LogP contribution in [0.25, 0.3) is 87.9 Å². The Bertz CT molecular complexity index is 3900. The molecule has 0 unspecified atom stereocenters. The summed E-state index contributed by atoms with van der Waals surface area (Å²) in [4.78, 5) is 2.50. The molecule has 12 aromatic rings. The van der Waals surface area contributed by atoms with Crippen molar-refractivity contribution in [3.8, 4) is 44.5 Å². The van der Waals surface area contributed by atoms with Crippen molar-refractivity contribution in [3.63, 3.8) is 0 Å². The van der Waals surface area contributed by atoms with Crippen molar-refractivity contribution in [1.29, 1.82) is 0 Å². The van der Waals surface area contributed by atoms with Gasteiger partial charge in [0.1, 0.15) is 0 Å². The van der Waals surface area contributed by atoms with Crippen LogP contribution in [-0.4, -0.2) is 4.57 Å². The van der Waals surface area contributed by atoms with Gasteiger partial charge in [0.2, 0.25) is 0 Å². The summed E-state index contributed by atoms with van der Waals surface area (Å²) in [5, 5.41) is 7.50. The molecule has 0 N–H and O–H groups in total. The standard InChI is InChI=1S/C64H42N2/c1-65-60-26-14-11-22-52(60)55-39-48(34-36-61(55)65)66(47-17-3-2-4-18-47)62-40-59-63(53-23-8-7-21-51(53)62)54-35-33-46(43-29-27-42(28-30-43)45-32-31-41-15-5-6-16-44(41)37-45)38-58(54)64(59)56-24-12-9-19-49(56)50-20-10-13-25-57(50)64/h2-40H,1H3. The SMILES string of the molecule is Cn1c2ccccc2c2cc(N(c3ccccc3)c3cc4c(c5ccccc35)-c3ccc(-c5ccc(-c6ccc7ccccc7c6)cc5)cc3C43c4ccccc4-c4ccccc43)ccc21. The van der Waals surface area contributed by atoms with Crippen LogP contribution in [0.2, 0.25) is 0 Å². The smallest absolute Gasteiger partial charge is 0.0726 e. The molecule has 1 spiro atoms. The number of aromatic nitrogens is 1. The van der Waals surface area contributed by atoms with Crippen molar-refractivity contribution in [2.75, 3.05) is 4.90 Å². The molecule has 0 amide bonds. The summed E-state index contributed by atoms with van der Waals surface area (Å²) in [6.45, 7) is 0. The minimum atomic E-state index is -0.556. The molecule has 0 saturated carbocycles. The molecular formula is C64H42N2. The summed E-state index contributed by atoms with van der Waals surface area (Å²) in [5.41, 5.74) is 20.7. The van der Waals surface area contributed by atoms with E-state index >= 15 is 0 Å². The van der Waals surface area contributed by atoms with Gasteiger partial charge in [-0.05, 0) is 138 Å². The predicted octanol–water partition coefficient (Wildman–Crippen LogP) is 16.8. The van der Waals surface area contributed by atoms with E-state index in [9.17, 15) is 0 Å². The van der Waals surface area contributed by atoms with Gasteiger partial charge in [0.25, 0.3) is 0 Å². The highest BCUT2D eigenvalue weighted by Gasteiger charge is 2.52. The van der Waals surface area contributed by atoms with Crippen LogP contribution in [0.15, 0.2) is 237 Å². The van der Waals surface area contributed by atoms with Gasteiger partial charge in [-0.25, -0.2) is 0 Å². The maximum Gasteiger partial charge on any atom is 0.0726 e. The molecule has 0 atom stereocenters. The van der Waals surface area contributed by atoms with E-state index in [0.29, 0.717) is 0 Å². The first-order valence-electron chi connectivity index (χ1n) is 23.0. The molecule has 2 heteroatoms. The van der Waals surface area contributed by atoms with Gasteiger partial charge in [-0.3, -0.25) is 0 Å². The van der Waals surface area contributed by atoms with Crippen LogP contribution in [0, 0.1) is 0 Å². The molecule has 2 aliphatic carbocycles. The van der Waals surface area contributed by atoms with E-state index in [1.807, 2.05) is 0 Å². The maximum absolute atomic E-state index is 2.55. The summed E-state index contributed by atoms with van der Waals surface area (Å²) in [6, 6.07) is 88.4. The molecule has 0 bridgehead atoms. The fourth-order valence-electron chi connectivity index (χ4n) is 11.9. The molecule has 66 heavy (non-hydrogen) atoms. The third kappa shape index (κ3) is 5.13. The van der Waals surface area contributed by atoms with E-state index in [4.69, 9.17) is 0 Å². The van der Waals surface area contributed by atoms with Crippen molar-refractivity contribution in [2.24, 2.45) is 7.05 Å². The van der Waals surface area contributed by atoms with Crippen LogP contribution in [0.1, 0.15) is 22.3 Å². The average molecular weight is 839 g/mol. The third-order valence-electron chi connectivity index (χ3n) is 14.8. The second kappa shape index (κ2) is 14.0. The van der Waals surface area contributed by atoms with Crippen LogP contribution in [-0.2, 0) is 12.5 Å². The van der Waals surface area contributed by atoms with Crippen molar-refractivity contribution >= 4 is 60.4 Å². The molecule has 0 fully saturated rings. The number of aryl methyl sites for hydroxylation is 1. The first kappa shape index (κ1) is 37.0. The van der Waals surface area contributed by atoms with Crippen molar-refractivity contribution < 1.29 is 0 Å². The Morgan fingerprint density at radius 1 is 0.333 bits per heavy atom. The van der Waals surface area contributed by atoms with Crippen LogP contribution in [0.4, 0.5) is 17.1 Å². The number of nitrogens with zero attached hydrogens (tertiary/aromatic N) is 2. The summed E-state index contributed by atoms with van der Waals surface area (Å²) in [6.07, 6.45) is 0. The molecule has 2 nitrogen and oxygen atoms in total. The topological polar surface area (TPSA) is 8.17 Å². The van der Waals surface area contributed by atoms with E-state index in [0.717, 1.165) is 17.1 Å². The fraction of sp³-hybridized carbons (Fsp3) is 0.0312. The van der Waals surface area contributed by atoms with Gasteiger partial charge in [0, 0.05) is 45.6 Å². The van der Waals surface area contributed by atoms with Gasteiger partial charge in [-0.1, -0.05) is 182 Å². The van der Waals surface area contributed by atoms with Gasteiger partial charge >= 0.3 is 0 Å². The number of para-hydroxylation sites is 2. The van der Waals surface area contributed by atoms with Gasteiger partial charge in [-0.15, -0.1) is 0 Å². The first-order chi connectivity index (χ1) is 32.6. The lowest BCUT2D eigenvalue weighted by atomic mass is 9.70. The van der Waals surface area contributed by atoms with E-state index in [1.54, 1.807) is 0 Å². The Morgan fingerprint density at radius 3 is 1.67 bits per heavy atom. The second-order valence-corrected chi connectivity index (χ2v) is 18.1. The minimum absolute atomic E-state index is 0.556. The molecular weight excluding hydrogens is 797 g/mol. The highest BCUT2D eigenvalue weighted by atomic mass is 15.1. The largest absolute Gasteiger partial charge is 0.344 e. The first-order valence-corrected chi connectivity index (χ1v) is 23.0. The molecule has 11 aromatic carbocycles. The summed E-state index contributed by atoms with van der Waals surface area (Å²) >= 11 is 0. The molecule has 308 valence electrons. The Hall–Kier alpha value is -8.46. The van der Waals surface area contributed by atoms with Crippen molar-refractivity contribution in [1.82, 2.24) is 4.57 Å². The van der Waals surface area contributed by atoms with Gasteiger partial charge in [-0.2, -0.15) is 0 Å². The number of benzene rings is 11. The van der Waals surface area contributed by atoms with Crippen LogP contribution in [0.3, 0.4) is 0 Å². The quantitative estimate of drug-likeness (QED) is 0.168. The van der Waals surface area contributed by atoms with Gasteiger partial charge < -0.3 is 9.47 Å². The van der Waals surface area contributed by atoms with Crippen LogP contribution < -0.4 is 4.90 Å². The zero-order valence-electron chi connectivity index (χ0n) is 36.4. The molecule has 2 aliphatic rings.